The van der Waals surface area contributed by atoms with Gasteiger partial charge in [0, 0.05) is 22.8 Å². The van der Waals surface area contributed by atoms with Crippen molar-refractivity contribution in [2.45, 2.75) is 26.1 Å². The number of hydrogen-bond donors (Lipinski definition) is 0. The molecule has 7 heteroatoms. The zero-order chi connectivity index (χ0) is 15.6. The molecule has 0 spiro atoms. The highest BCUT2D eigenvalue weighted by Gasteiger charge is 2.33. The van der Waals surface area contributed by atoms with Crippen LogP contribution in [0.5, 0.6) is 0 Å². The highest BCUT2D eigenvalue weighted by molar-refractivity contribution is 9.10. The first-order valence-electron chi connectivity index (χ1n) is 6.27. The van der Waals surface area contributed by atoms with Crippen LogP contribution in [0.2, 0.25) is 0 Å². The summed E-state index contributed by atoms with van der Waals surface area (Å²) in [4.78, 5) is 12.2. The van der Waals surface area contributed by atoms with E-state index in [4.69, 9.17) is 0 Å². The first-order chi connectivity index (χ1) is 9.82. The van der Waals surface area contributed by atoms with E-state index in [0.717, 1.165) is 12.5 Å². The van der Waals surface area contributed by atoms with Gasteiger partial charge in [0.1, 0.15) is 0 Å². The van der Waals surface area contributed by atoms with Crippen molar-refractivity contribution < 1.29 is 18.0 Å². The van der Waals surface area contributed by atoms with Crippen LogP contribution in [0.4, 0.5) is 13.2 Å². The number of rotatable bonds is 4. The second-order valence-corrected chi connectivity index (χ2v) is 5.37. The molecule has 0 N–H and O–H groups in total. The van der Waals surface area contributed by atoms with E-state index in [1.165, 1.54) is 18.3 Å². The molecule has 0 amide bonds. The van der Waals surface area contributed by atoms with E-state index in [2.05, 4.69) is 21.0 Å². The zero-order valence-corrected chi connectivity index (χ0v) is 12.7. The average molecular weight is 361 g/mol. The number of hydrogen-bond acceptors (Lipinski definition) is 2. The van der Waals surface area contributed by atoms with Crippen LogP contribution in [0.25, 0.3) is 0 Å². The molecule has 3 nitrogen and oxygen atoms in total. The van der Waals surface area contributed by atoms with Crippen molar-refractivity contribution in [1.29, 1.82) is 0 Å². The van der Waals surface area contributed by atoms with Gasteiger partial charge < -0.3 is 0 Å². The van der Waals surface area contributed by atoms with Gasteiger partial charge in [0.05, 0.1) is 17.3 Å². The maximum absolute atomic E-state index is 12.8. The van der Waals surface area contributed by atoms with Crippen molar-refractivity contribution in [3.05, 3.63) is 51.8 Å². The molecule has 0 bridgehead atoms. The molecule has 0 radical (unpaired) electrons. The molecule has 0 aliphatic carbocycles. The minimum Gasteiger partial charge on any atom is -0.288 e. The molecule has 2 rings (SSSR count). The number of alkyl halides is 3. The lowest BCUT2D eigenvalue weighted by atomic mass is 10.0. The third-order valence-electron chi connectivity index (χ3n) is 2.88. The van der Waals surface area contributed by atoms with Crippen LogP contribution >= 0.6 is 15.9 Å². The summed E-state index contributed by atoms with van der Waals surface area (Å²) in [7, 11) is 0. The van der Waals surface area contributed by atoms with Crippen LogP contribution < -0.4 is 0 Å². The van der Waals surface area contributed by atoms with Gasteiger partial charge in [0.2, 0.25) is 0 Å². The molecule has 112 valence electrons. The van der Waals surface area contributed by atoms with E-state index in [1.54, 1.807) is 10.9 Å². The molecule has 0 fully saturated rings. The Morgan fingerprint density at radius 3 is 2.67 bits per heavy atom. The molecule has 21 heavy (non-hydrogen) atoms. The summed E-state index contributed by atoms with van der Waals surface area (Å²) in [6, 6.07) is 3.44. The molecule has 0 unspecified atom stereocenters. The van der Waals surface area contributed by atoms with E-state index in [1.807, 2.05) is 6.92 Å². The van der Waals surface area contributed by atoms with Crippen LogP contribution in [0, 0.1) is 0 Å². The van der Waals surface area contributed by atoms with Crippen LogP contribution in [0.15, 0.2) is 35.1 Å². The van der Waals surface area contributed by atoms with Crippen molar-refractivity contribution in [2.75, 3.05) is 0 Å². The van der Waals surface area contributed by atoms with E-state index in [9.17, 15) is 18.0 Å². The molecule has 0 saturated heterocycles. The molecule has 0 saturated carbocycles. The number of nitrogens with zero attached hydrogens (tertiary/aromatic N) is 2. The third kappa shape index (κ3) is 3.53. The van der Waals surface area contributed by atoms with Crippen molar-refractivity contribution >= 4 is 21.7 Å². The highest BCUT2D eigenvalue weighted by Crippen LogP contribution is 2.35. The fraction of sp³-hybridized carbons (Fsp3) is 0.286. The summed E-state index contributed by atoms with van der Waals surface area (Å²) in [5, 5.41) is 4.01. The van der Waals surface area contributed by atoms with Crippen LogP contribution in [0.1, 0.15) is 34.8 Å². The zero-order valence-electron chi connectivity index (χ0n) is 11.1. The van der Waals surface area contributed by atoms with Gasteiger partial charge in [-0.15, -0.1) is 0 Å². The van der Waals surface area contributed by atoms with Crippen LogP contribution in [0.3, 0.4) is 0 Å². The van der Waals surface area contributed by atoms with Gasteiger partial charge in [0.15, 0.2) is 5.78 Å². The molecule has 0 aliphatic heterocycles. The SMILES string of the molecule is CCCn1cc(C(=O)c2ccc(Br)c(C(F)(F)F)c2)cn1. The van der Waals surface area contributed by atoms with Gasteiger partial charge in [0.25, 0.3) is 0 Å². The maximum Gasteiger partial charge on any atom is 0.417 e. The highest BCUT2D eigenvalue weighted by atomic mass is 79.9. The Kier molecular flexibility index (Phi) is 4.51. The molecular formula is C14H12BrF3N2O. The number of carbonyl (C=O) groups is 1. The van der Waals surface area contributed by atoms with Gasteiger partial charge in [-0.1, -0.05) is 22.9 Å². The molecule has 1 heterocycles. The minimum absolute atomic E-state index is 0.0124. The van der Waals surface area contributed by atoms with Gasteiger partial charge in [-0.25, -0.2) is 0 Å². The molecule has 2 aromatic rings. The Hall–Kier alpha value is -1.63. The predicted molar refractivity (Wildman–Crippen MR) is 75.1 cm³/mol. The number of aryl methyl sites for hydroxylation is 1. The van der Waals surface area contributed by atoms with Crippen LogP contribution in [-0.2, 0) is 12.7 Å². The number of carbonyl (C=O) groups excluding carboxylic acids is 1. The standard InChI is InChI=1S/C14H12BrF3N2O/c1-2-5-20-8-10(7-19-20)13(21)9-3-4-12(15)11(6-9)14(16,17)18/h3-4,6-8H,2,5H2,1H3. The summed E-state index contributed by atoms with van der Waals surface area (Å²) in [6.07, 6.45) is -0.748. The Morgan fingerprint density at radius 2 is 2.05 bits per heavy atom. The first kappa shape index (κ1) is 15.8. The number of benzene rings is 1. The lowest BCUT2D eigenvalue weighted by molar-refractivity contribution is -0.138. The Labute approximate surface area is 127 Å². The van der Waals surface area contributed by atoms with Gasteiger partial charge in [-0.3, -0.25) is 9.48 Å². The molecule has 0 atom stereocenters. The van der Waals surface area contributed by atoms with E-state index >= 15 is 0 Å². The third-order valence-corrected chi connectivity index (χ3v) is 3.57. The molecule has 1 aromatic carbocycles. The van der Waals surface area contributed by atoms with Gasteiger partial charge in [-0.2, -0.15) is 18.3 Å². The van der Waals surface area contributed by atoms with Crippen molar-refractivity contribution in [3.63, 3.8) is 0 Å². The molecule has 1 aromatic heterocycles. The molecular weight excluding hydrogens is 349 g/mol. The van der Waals surface area contributed by atoms with E-state index < -0.39 is 17.5 Å². The Bertz CT molecular complexity index is 664. The second kappa shape index (κ2) is 6.01. The monoisotopic (exact) mass is 360 g/mol. The van der Waals surface area contributed by atoms with E-state index in [-0.39, 0.29) is 15.6 Å². The van der Waals surface area contributed by atoms with Crippen molar-refractivity contribution in [3.8, 4) is 0 Å². The summed E-state index contributed by atoms with van der Waals surface area (Å²) < 4.78 is 40.0. The van der Waals surface area contributed by atoms with Crippen molar-refractivity contribution in [2.24, 2.45) is 0 Å². The number of ketones is 1. The maximum atomic E-state index is 12.8. The topological polar surface area (TPSA) is 34.9 Å². The fourth-order valence-electron chi connectivity index (χ4n) is 1.88. The van der Waals surface area contributed by atoms with Crippen LogP contribution in [-0.4, -0.2) is 15.6 Å². The largest absolute Gasteiger partial charge is 0.417 e. The van der Waals surface area contributed by atoms with Gasteiger partial charge in [-0.05, 0) is 24.6 Å². The number of halogens is 4. The summed E-state index contributed by atoms with van der Waals surface area (Å²) in [5.41, 5.74) is -0.602. The summed E-state index contributed by atoms with van der Waals surface area (Å²) in [5.74, 6) is -0.477. The normalized spacial score (nSPS) is 11.7. The average Bonchev–Trinajstić information content (AvgIpc) is 2.86. The first-order valence-corrected chi connectivity index (χ1v) is 7.06. The summed E-state index contributed by atoms with van der Waals surface area (Å²) in [6.45, 7) is 2.62. The Balaban J connectivity index is 2.35. The number of aromatic nitrogens is 2. The summed E-state index contributed by atoms with van der Waals surface area (Å²) >= 11 is 2.85. The molecule has 0 aliphatic rings. The lowest BCUT2D eigenvalue weighted by Gasteiger charge is -2.10. The lowest BCUT2D eigenvalue weighted by Crippen LogP contribution is -2.09. The van der Waals surface area contributed by atoms with E-state index in [0.29, 0.717) is 6.54 Å². The smallest absolute Gasteiger partial charge is 0.288 e. The quantitative estimate of drug-likeness (QED) is 0.761. The minimum atomic E-state index is -4.51. The predicted octanol–water partition coefficient (Wildman–Crippen LogP) is 4.31. The fourth-order valence-corrected chi connectivity index (χ4v) is 2.35. The second-order valence-electron chi connectivity index (χ2n) is 4.51. The Morgan fingerprint density at radius 1 is 1.33 bits per heavy atom. The van der Waals surface area contributed by atoms with Crippen molar-refractivity contribution in [1.82, 2.24) is 9.78 Å². The van der Waals surface area contributed by atoms with Gasteiger partial charge >= 0.3 is 6.18 Å².